The van der Waals surface area contributed by atoms with Gasteiger partial charge in [0.25, 0.3) is 0 Å². The van der Waals surface area contributed by atoms with Gasteiger partial charge in [0, 0.05) is 11.9 Å². The smallest absolute Gasteiger partial charge is 0.339 e. The van der Waals surface area contributed by atoms with Crippen molar-refractivity contribution in [2.24, 2.45) is 5.92 Å². The van der Waals surface area contributed by atoms with E-state index in [1.54, 1.807) is 24.3 Å². The lowest BCUT2D eigenvalue weighted by atomic mass is 10.1. The maximum absolute atomic E-state index is 11.4. The number of aliphatic hydroxyl groups is 1. The summed E-state index contributed by atoms with van der Waals surface area (Å²) in [5.74, 6) is -0.192. The number of hydrogen-bond acceptors (Lipinski definition) is 4. The van der Waals surface area contributed by atoms with E-state index in [2.05, 4.69) is 5.32 Å². The van der Waals surface area contributed by atoms with Gasteiger partial charge in [0.2, 0.25) is 0 Å². The van der Waals surface area contributed by atoms with Gasteiger partial charge < -0.3 is 19.9 Å². The van der Waals surface area contributed by atoms with Crippen LogP contribution in [0.1, 0.15) is 36.4 Å². The largest absolute Gasteiger partial charge is 0.478 e. The van der Waals surface area contributed by atoms with Gasteiger partial charge in [0.05, 0.1) is 12.6 Å². The second kappa shape index (κ2) is 6.74. The molecule has 1 aromatic carbocycles. The zero-order valence-corrected chi connectivity index (χ0v) is 12.3. The number of hydrogen-bond donors (Lipinski definition) is 3. The van der Waals surface area contributed by atoms with Gasteiger partial charge in [-0.3, -0.25) is 0 Å². The molecule has 0 bridgehead atoms. The first-order chi connectivity index (χ1) is 9.99. The average Bonchev–Trinajstić information content (AvgIpc) is 2.75. The molecule has 2 rings (SSSR count). The van der Waals surface area contributed by atoms with Gasteiger partial charge in [-0.2, -0.15) is 0 Å². The van der Waals surface area contributed by atoms with E-state index in [0.717, 1.165) is 0 Å². The van der Waals surface area contributed by atoms with Crippen molar-refractivity contribution >= 4 is 16.9 Å². The highest BCUT2D eigenvalue weighted by Crippen LogP contribution is 2.25. The van der Waals surface area contributed by atoms with Crippen LogP contribution in [0.5, 0.6) is 0 Å². The highest BCUT2D eigenvalue weighted by Gasteiger charge is 2.19. The molecule has 21 heavy (non-hydrogen) atoms. The molecule has 0 saturated heterocycles. The molecule has 1 atom stereocenters. The van der Waals surface area contributed by atoms with Gasteiger partial charge in [-0.1, -0.05) is 32.0 Å². The van der Waals surface area contributed by atoms with Gasteiger partial charge in [0.1, 0.15) is 16.9 Å². The third-order valence-corrected chi connectivity index (χ3v) is 3.29. The van der Waals surface area contributed by atoms with Crippen LogP contribution in [0.2, 0.25) is 0 Å². The van der Waals surface area contributed by atoms with E-state index in [0.29, 0.717) is 35.6 Å². The highest BCUT2D eigenvalue weighted by molar-refractivity contribution is 6.03. The standard InChI is InChI=1S/C16H21NO4/c1-10(2)7-11(18)8-17-9-14-15(16(19)20)12-5-3-4-6-13(12)21-14/h3-6,10-11,17-18H,7-9H2,1-2H3,(H,19,20). The first-order valence-corrected chi connectivity index (χ1v) is 7.11. The Morgan fingerprint density at radius 3 is 2.71 bits per heavy atom. The van der Waals surface area contributed by atoms with Crippen molar-refractivity contribution in [2.45, 2.75) is 32.9 Å². The van der Waals surface area contributed by atoms with Crippen LogP contribution >= 0.6 is 0 Å². The summed E-state index contributed by atoms with van der Waals surface area (Å²) in [4.78, 5) is 11.4. The molecular formula is C16H21NO4. The summed E-state index contributed by atoms with van der Waals surface area (Å²) in [6.45, 7) is 4.79. The molecule has 0 radical (unpaired) electrons. The topological polar surface area (TPSA) is 82.7 Å². The zero-order chi connectivity index (χ0) is 15.4. The minimum atomic E-state index is -1.00. The molecule has 0 aliphatic rings. The van der Waals surface area contributed by atoms with Gasteiger partial charge in [-0.05, 0) is 18.4 Å². The maximum Gasteiger partial charge on any atom is 0.339 e. The van der Waals surface area contributed by atoms with Gasteiger partial charge in [0.15, 0.2) is 0 Å². The summed E-state index contributed by atoms with van der Waals surface area (Å²) in [5, 5.41) is 22.8. The SMILES string of the molecule is CC(C)CC(O)CNCc1oc2ccccc2c1C(=O)O. The first kappa shape index (κ1) is 15.5. The Labute approximate surface area is 123 Å². The van der Waals surface area contributed by atoms with E-state index in [4.69, 9.17) is 4.42 Å². The highest BCUT2D eigenvalue weighted by atomic mass is 16.4. The monoisotopic (exact) mass is 291 g/mol. The van der Waals surface area contributed by atoms with Crippen LogP contribution < -0.4 is 5.32 Å². The first-order valence-electron chi connectivity index (χ1n) is 7.11. The molecule has 0 spiro atoms. The number of aromatic carboxylic acids is 1. The number of furan rings is 1. The second-order valence-electron chi connectivity index (χ2n) is 5.62. The Morgan fingerprint density at radius 2 is 2.05 bits per heavy atom. The molecule has 114 valence electrons. The third kappa shape index (κ3) is 3.83. The Morgan fingerprint density at radius 1 is 1.33 bits per heavy atom. The number of benzene rings is 1. The Balaban J connectivity index is 2.08. The number of carboxylic acid groups (broad SMARTS) is 1. The van der Waals surface area contributed by atoms with Crippen LogP contribution in [0.3, 0.4) is 0 Å². The fraction of sp³-hybridized carbons (Fsp3) is 0.438. The normalized spacial score (nSPS) is 13.0. The van der Waals surface area contributed by atoms with Crippen LogP contribution in [-0.2, 0) is 6.54 Å². The summed E-state index contributed by atoms with van der Waals surface area (Å²) in [5.41, 5.74) is 0.755. The summed E-state index contributed by atoms with van der Waals surface area (Å²) >= 11 is 0. The van der Waals surface area contributed by atoms with E-state index in [-0.39, 0.29) is 12.1 Å². The van der Waals surface area contributed by atoms with Crippen molar-refractivity contribution in [3.63, 3.8) is 0 Å². The molecule has 0 aliphatic heterocycles. The summed E-state index contributed by atoms with van der Waals surface area (Å²) in [6.07, 6.45) is 0.265. The van der Waals surface area contributed by atoms with Crippen LogP contribution in [0.15, 0.2) is 28.7 Å². The molecule has 1 heterocycles. The fourth-order valence-corrected chi connectivity index (χ4v) is 2.43. The summed E-state index contributed by atoms with van der Waals surface area (Å²) < 4.78 is 5.60. The van der Waals surface area contributed by atoms with E-state index in [9.17, 15) is 15.0 Å². The minimum Gasteiger partial charge on any atom is -0.478 e. The van der Waals surface area contributed by atoms with Crippen LogP contribution in [0.4, 0.5) is 0 Å². The number of nitrogens with one attached hydrogen (secondary N) is 1. The number of carboxylic acids is 1. The van der Waals surface area contributed by atoms with Crippen molar-refractivity contribution in [3.8, 4) is 0 Å². The Hall–Kier alpha value is -1.85. The van der Waals surface area contributed by atoms with Crippen molar-refractivity contribution < 1.29 is 19.4 Å². The van der Waals surface area contributed by atoms with Gasteiger partial charge in [-0.15, -0.1) is 0 Å². The lowest BCUT2D eigenvalue weighted by Gasteiger charge is -2.13. The summed E-state index contributed by atoms with van der Waals surface area (Å²) in [7, 11) is 0. The van der Waals surface area contributed by atoms with E-state index >= 15 is 0 Å². The molecule has 0 amide bonds. The number of carbonyl (C=O) groups is 1. The van der Waals surface area contributed by atoms with E-state index in [1.807, 2.05) is 13.8 Å². The second-order valence-corrected chi connectivity index (χ2v) is 5.62. The predicted molar refractivity (Wildman–Crippen MR) is 80.3 cm³/mol. The maximum atomic E-state index is 11.4. The number of rotatable bonds is 7. The van der Waals surface area contributed by atoms with Gasteiger partial charge >= 0.3 is 5.97 Å². The van der Waals surface area contributed by atoms with Crippen molar-refractivity contribution in [1.82, 2.24) is 5.32 Å². The zero-order valence-electron chi connectivity index (χ0n) is 12.3. The van der Waals surface area contributed by atoms with Crippen molar-refractivity contribution in [1.29, 1.82) is 0 Å². The molecular weight excluding hydrogens is 270 g/mol. The molecule has 5 nitrogen and oxygen atoms in total. The lowest BCUT2D eigenvalue weighted by molar-refractivity contribution is 0.0696. The minimum absolute atomic E-state index is 0.191. The average molecular weight is 291 g/mol. The number of aliphatic hydroxyl groups excluding tert-OH is 1. The molecule has 0 saturated carbocycles. The number of fused-ring (bicyclic) bond motifs is 1. The molecule has 3 N–H and O–H groups in total. The van der Waals surface area contributed by atoms with E-state index < -0.39 is 12.1 Å². The Bertz CT molecular complexity index is 618. The van der Waals surface area contributed by atoms with E-state index in [1.165, 1.54) is 0 Å². The third-order valence-electron chi connectivity index (χ3n) is 3.29. The fourth-order valence-electron chi connectivity index (χ4n) is 2.43. The molecule has 0 aliphatic carbocycles. The molecule has 1 aromatic heterocycles. The molecule has 5 heteroatoms. The molecule has 1 unspecified atom stereocenters. The number of para-hydroxylation sites is 1. The quantitative estimate of drug-likeness (QED) is 0.730. The predicted octanol–water partition coefficient (Wildman–Crippen LogP) is 2.63. The van der Waals surface area contributed by atoms with Crippen molar-refractivity contribution in [3.05, 3.63) is 35.6 Å². The van der Waals surface area contributed by atoms with Gasteiger partial charge in [-0.25, -0.2) is 4.79 Å². The van der Waals surface area contributed by atoms with Crippen LogP contribution in [-0.4, -0.2) is 28.8 Å². The van der Waals surface area contributed by atoms with Crippen LogP contribution in [0, 0.1) is 5.92 Å². The Kier molecular flexibility index (Phi) is 4.98. The van der Waals surface area contributed by atoms with Crippen LogP contribution in [0.25, 0.3) is 11.0 Å². The van der Waals surface area contributed by atoms with Crippen molar-refractivity contribution in [2.75, 3.05) is 6.54 Å². The summed E-state index contributed by atoms with van der Waals surface area (Å²) in [6, 6.07) is 7.08. The molecule has 0 fully saturated rings. The lowest BCUT2D eigenvalue weighted by Crippen LogP contribution is -2.27. The molecule has 2 aromatic rings.